The Morgan fingerprint density at radius 3 is 2.71 bits per heavy atom. The van der Waals surface area contributed by atoms with E-state index in [1.807, 2.05) is 0 Å². The van der Waals surface area contributed by atoms with E-state index in [1.54, 1.807) is 19.1 Å². The fourth-order valence-electron chi connectivity index (χ4n) is 2.67. The minimum Gasteiger partial charge on any atom is -0.481 e. The summed E-state index contributed by atoms with van der Waals surface area (Å²) in [4.78, 5) is 37.3. The molecular weight excluding hydrogens is 355 g/mol. The number of carbonyl (C=O) groups excluding carboxylic acids is 2. The van der Waals surface area contributed by atoms with Crippen LogP contribution in [-0.2, 0) is 9.59 Å². The Morgan fingerprint density at radius 1 is 1.33 bits per heavy atom. The highest BCUT2D eigenvalue weighted by Crippen LogP contribution is 2.25. The molecule has 1 unspecified atom stereocenters. The average molecular weight is 373 g/mol. The lowest BCUT2D eigenvalue weighted by Crippen LogP contribution is -2.51. The van der Waals surface area contributed by atoms with Crippen LogP contribution in [0.1, 0.15) is 30.1 Å². The van der Waals surface area contributed by atoms with Gasteiger partial charge in [-0.2, -0.15) is 0 Å². The summed E-state index contributed by atoms with van der Waals surface area (Å²) in [7, 11) is 0. The maximum absolute atomic E-state index is 12.4. The Hall–Kier alpha value is -1.79. The predicted octanol–water partition coefficient (Wildman–Crippen LogP) is 2.43. The molecule has 1 aliphatic rings. The van der Waals surface area contributed by atoms with Crippen LogP contribution in [0.2, 0.25) is 10.0 Å². The second kappa shape index (κ2) is 7.85. The van der Waals surface area contributed by atoms with Crippen LogP contribution in [0.5, 0.6) is 0 Å². The van der Waals surface area contributed by atoms with Crippen molar-refractivity contribution < 1.29 is 19.5 Å². The van der Waals surface area contributed by atoms with Gasteiger partial charge in [-0.3, -0.25) is 14.4 Å². The van der Waals surface area contributed by atoms with Crippen molar-refractivity contribution in [3.8, 4) is 0 Å². The SMILES string of the molecule is CC(NC(=O)c1cccc(Cl)c1Cl)C(=O)N1CCC[C@H](C(=O)O)C1. The first-order valence-corrected chi connectivity index (χ1v) is 8.33. The lowest BCUT2D eigenvalue weighted by Gasteiger charge is -2.32. The van der Waals surface area contributed by atoms with E-state index in [2.05, 4.69) is 5.32 Å². The van der Waals surface area contributed by atoms with E-state index in [0.717, 1.165) is 0 Å². The molecule has 2 atom stereocenters. The normalized spacial score (nSPS) is 18.8. The molecule has 2 N–H and O–H groups in total. The standard InChI is InChI=1S/C16H18Cl2N2O4/c1-9(15(22)20-7-3-4-10(8-20)16(23)24)19-14(21)11-5-2-6-12(17)13(11)18/h2,5-6,9-10H,3-4,7-8H2,1H3,(H,19,21)(H,23,24)/t9?,10-/m0/s1. The lowest BCUT2D eigenvalue weighted by molar-refractivity contribution is -0.146. The van der Waals surface area contributed by atoms with Crippen LogP contribution in [0, 0.1) is 5.92 Å². The van der Waals surface area contributed by atoms with Crippen molar-refractivity contribution in [2.45, 2.75) is 25.8 Å². The third-order valence-corrected chi connectivity index (χ3v) is 4.82. The van der Waals surface area contributed by atoms with Crippen LogP contribution in [0.4, 0.5) is 0 Å². The molecule has 0 aliphatic carbocycles. The van der Waals surface area contributed by atoms with Crippen LogP contribution in [-0.4, -0.2) is 46.9 Å². The van der Waals surface area contributed by atoms with E-state index >= 15 is 0 Å². The number of hydrogen-bond donors (Lipinski definition) is 2. The number of benzene rings is 1. The number of piperidine rings is 1. The van der Waals surface area contributed by atoms with Gasteiger partial charge < -0.3 is 15.3 Å². The first kappa shape index (κ1) is 18.5. The van der Waals surface area contributed by atoms with Crippen LogP contribution in [0.15, 0.2) is 18.2 Å². The zero-order valence-electron chi connectivity index (χ0n) is 13.1. The maximum Gasteiger partial charge on any atom is 0.308 e. The van der Waals surface area contributed by atoms with Crippen molar-refractivity contribution in [2.24, 2.45) is 5.92 Å². The molecule has 6 nitrogen and oxygen atoms in total. The Balaban J connectivity index is 2.02. The Labute approximate surface area is 149 Å². The smallest absolute Gasteiger partial charge is 0.308 e. The molecule has 1 fully saturated rings. The lowest BCUT2D eigenvalue weighted by atomic mass is 9.98. The molecule has 2 rings (SSSR count). The number of carboxylic acids is 1. The summed E-state index contributed by atoms with van der Waals surface area (Å²) in [6, 6.07) is 3.88. The molecule has 0 aromatic heterocycles. The van der Waals surface area contributed by atoms with Gasteiger partial charge >= 0.3 is 5.97 Å². The van der Waals surface area contributed by atoms with Crippen molar-refractivity contribution in [3.63, 3.8) is 0 Å². The number of aliphatic carboxylic acids is 1. The van der Waals surface area contributed by atoms with Gasteiger partial charge in [-0.25, -0.2) is 0 Å². The van der Waals surface area contributed by atoms with Gasteiger partial charge in [0.2, 0.25) is 5.91 Å². The van der Waals surface area contributed by atoms with Gasteiger partial charge in [-0.1, -0.05) is 29.3 Å². The number of hydrogen-bond acceptors (Lipinski definition) is 3. The molecule has 1 aromatic rings. The fourth-order valence-corrected chi connectivity index (χ4v) is 3.05. The van der Waals surface area contributed by atoms with Crippen LogP contribution in [0.25, 0.3) is 0 Å². The number of carbonyl (C=O) groups is 3. The zero-order chi connectivity index (χ0) is 17.9. The zero-order valence-corrected chi connectivity index (χ0v) is 14.6. The first-order chi connectivity index (χ1) is 11.3. The second-order valence-electron chi connectivity index (χ2n) is 5.76. The van der Waals surface area contributed by atoms with Gasteiger partial charge in [0.05, 0.1) is 21.5 Å². The highest BCUT2D eigenvalue weighted by atomic mass is 35.5. The van der Waals surface area contributed by atoms with E-state index in [4.69, 9.17) is 28.3 Å². The highest BCUT2D eigenvalue weighted by molar-refractivity contribution is 6.43. The molecule has 2 amide bonds. The molecule has 0 radical (unpaired) electrons. The van der Waals surface area contributed by atoms with Gasteiger partial charge in [-0.05, 0) is 31.9 Å². The monoisotopic (exact) mass is 372 g/mol. The molecule has 8 heteroatoms. The molecule has 1 heterocycles. The third kappa shape index (κ3) is 4.19. The predicted molar refractivity (Wildman–Crippen MR) is 90.3 cm³/mol. The summed E-state index contributed by atoms with van der Waals surface area (Å²) in [5.41, 5.74) is 0.186. The maximum atomic E-state index is 12.4. The third-order valence-electron chi connectivity index (χ3n) is 4.00. The first-order valence-electron chi connectivity index (χ1n) is 7.57. The van der Waals surface area contributed by atoms with Gasteiger partial charge in [0.25, 0.3) is 5.91 Å². The summed E-state index contributed by atoms with van der Waals surface area (Å²) in [5.74, 6) is -2.29. The quantitative estimate of drug-likeness (QED) is 0.849. The molecular formula is C16H18Cl2N2O4. The van der Waals surface area contributed by atoms with Crippen LogP contribution < -0.4 is 5.32 Å². The number of nitrogens with one attached hydrogen (secondary N) is 1. The topological polar surface area (TPSA) is 86.7 Å². The molecule has 130 valence electrons. The van der Waals surface area contributed by atoms with Gasteiger partial charge in [-0.15, -0.1) is 0 Å². The molecule has 0 saturated carbocycles. The molecule has 24 heavy (non-hydrogen) atoms. The van der Waals surface area contributed by atoms with Gasteiger partial charge in [0.1, 0.15) is 6.04 Å². The van der Waals surface area contributed by atoms with Crippen molar-refractivity contribution in [1.82, 2.24) is 10.2 Å². The number of carboxylic acid groups (broad SMARTS) is 1. The van der Waals surface area contributed by atoms with Crippen molar-refractivity contribution in [2.75, 3.05) is 13.1 Å². The van der Waals surface area contributed by atoms with E-state index in [1.165, 1.54) is 11.0 Å². The highest BCUT2D eigenvalue weighted by Gasteiger charge is 2.31. The minimum atomic E-state index is -0.908. The summed E-state index contributed by atoms with van der Waals surface area (Å²) in [6.07, 6.45) is 1.18. The molecule has 1 saturated heterocycles. The number of rotatable bonds is 4. The number of nitrogens with zero attached hydrogens (tertiary/aromatic N) is 1. The van der Waals surface area contributed by atoms with Crippen molar-refractivity contribution in [1.29, 1.82) is 0 Å². The average Bonchev–Trinajstić information content (AvgIpc) is 2.56. The Kier molecular flexibility index (Phi) is 6.07. The number of amides is 2. The van der Waals surface area contributed by atoms with E-state index in [-0.39, 0.29) is 28.1 Å². The summed E-state index contributed by atoms with van der Waals surface area (Å²) < 4.78 is 0. The van der Waals surface area contributed by atoms with Crippen LogP contribution in [0.3, 0.4) is 0 Å². The number of halogens is 2. The Morgan fingerprint density at radius 2 is 2.04 bits per heavy atom. The van der Waals surface area contributed by atoms with Crippen molar-refractivity contribution in [3.05, 3.63) is 33.8 Å². The van der Waals surface area contributed by atoms with Crippen molar-refractivity contribution >= 4 is 41.0 Å². The fraction of sp³-hybridized carbons (Fsp3) is 0.438. The summed E-state index contributed by atoms with van der Waals surface area (Å²) in [5, 5.41) is 12.1. The van der Waals surface area contributed by atoms with E-state index in [0.29, 0.717) is 19.4 Å². The molecule has 0 bridgehead atoms. The van der Waals surface area contributed by atoms with Gasteiger partial charge in [0, 0.05) is 13.1 Å². The summed E-state index contributed by atoms with van der Waals surface area (Å²) in [6.45, 7) is 2.20. The summed E-state index contributed by atoms with van der Waals surface area (Å²) >= 11 is 11.9. The Bertz CT molecular complexity index is 665. The van der Waals surface area contributed by atoms with Crippen LogP contribution >= 0.6 is 23.2 Å². The van der Waals surface area contributed by atoms with E-state index < -0.39 is 23.8 Å². The second-order valence-corrected chi connectivity index (χ2v) is 6.54. The minimum absolute atomic E-state index is 0.125. The van der Waals surface area contributed by atoms with E-state index in [9.17, 15) is 14.4 Å². The molecule has 0 spiro atoms. The number of likely N-dealkylation sites (tertiary alicyclic amines) is 1. The molecule has 1 aromatic carbocycles. The molecule has 1 aliphatic heterocycles. The largest absolute Gasteiger partial charge is 0.481 e. The van der Waals surface area contributed by atoms with Gasteiger partial charge in [0.15, 0.2) is 0 Å².